The van der Waals surface area contributed by atoms with E-state index in [4.69, 9.17) is 32.7 Å². The van der Waals surface area contributed by atoms with Gasteiger partial charge in [-0.25, -0.2) is 0 Å². The Bertz CT molecular complexity index is 585. The van der Waals surface area contributed by atoms with Crippen LogP contribution in [0.2, 0.25) is 10.0 Å². The van der Waals surface area contributed by atoms with Crippen molar-refractivity contribution in [1.29, 1.82) is 0 Å². The number of methoxy groups -OCH3 is 1. The Morgan fingerprint density at radius 3 is 2.35 bits per heavy atom. The van der Waals surface area contributed by atoms with E-state index in [1.807, 2.05) is 36.4 Å². The SMILES string of the molecule is COc1cc(CBr)cc(Cl)c1OCc1ccc(Cl)cc1. The van der Waals surface area contributed by atoms with Crippen LogP contribution in [0.1, 0.15) is 11.1 Å². The van der Waals surface area contributed by atoms with Gasteiger partial charge < -0.3 is 9.47 Å². The molecule has 0 N–H and O–H groups in total. The van der Waals surface area contributed by atoms with Crippen molar-refractivity contribution in [1.82, 2.24) is 0 Å². The predicted octanol–water partition coefficient (Wildman–Crippen LogP) is 5.48. The Morgan fingerprint density at radius 1 is 1.05 bits per heavy atom. The van der Waals surface area contributed by atoms with Gasteiger partial charge in [-0.05, 0) is 35.4 Å². The molecular weight excluding hydrogens is 363 g/mol. The standard InChI is InChI=1S/C15H13BrCl2O2/c1-19-14-7-11(8-16)6-13(18)15(14)20-9-10-2-4-12(17)5-3-10/h2-7H,8-9H2,1H3. The van der Waals surface area contributed by atoms with Crippen LogP contribution in [0.25, 0.3) is 0 Å². The predicted molar refractivity (Wildman–Crippen MR) is 86.4 cm³/mol. The lowest BCUT2D eigenvalue weighted by Crippen LogP contribution is -1.99. The van der Waals surface area contributed by atoms with Crippen LogP contribution in [0.15, 0.2) is 36.4 Å². The van der Waals surface area contributed by atoms with Crippen molar-refractivity contribution < 1.29 is 9.47 Å². The van der Waals surface area contributed by atoms with Crippen molar-refractivity contribution in [3.8, 4) is 11.5 Å². The van der Waals surface area contributed by atoms with Crippen LogP contribution in [0.3, 0.4) is 0 Å². The van der Waals surface area contributed by atoms with E-state index in [-0.39, 0.29) is 0 Å². The molecule has 106 valence electrons. The number of benzene rings is 2. The quantitative estimate of drug-likeness (QED) is 0.644. The summed E-state index contributed by atoms with van der Waals surface area (Å²) in [4.78, 5) is 0. The van der Waals surface area contributed by atoms with Crippen LogP contribution in [0, 0.1) is 0 Å². The minimum Gasteiger partial charge on any atom is -0.493 e. The summed E-state index contributed by atoms with van der Waals surface area (Å²) in [7, 11) is 1.60. The van der Waals surface area contributed by atoms with Gasteiger partial charge in [0.15, 0.2) is 11.5 Å². The first-order valence-electron chi connectivity index (χ1n) is 5.93. The lowest BCUT2D eigenvalue weighted by Gasteiger charge is -2.13. The molecule has 0 aliphatic rings. The van der Waals surface area contributed by atoms with E-state index >= 15 is 0 Å². The number of ether oxygens (including phenoxy) is 2. The fraction of sp³-hybridized carbons (Fsp3) is 0.200. The van der Waals surface area contributed by atoms with Gasteiger partial charge >= 0.3 is 0 Å². The van der Waals surface area contributed by atoms with E-state index in [1.54, 1.807) is 7.11 Å². The second kappa shape index (κ2) is 7.21. The maximum atomic E-state index is 6.24. The summed E-state index contributed by atoms with van der Waals surface area (Å²) in [5.74, 6) is 1.18. The highest BCUT2D eigenvalue weighted by Crippen LogP contribution is 2.37. The third-order valence-electron chi connectivity index (χ3n) is 2.74. The average Bonchev–Trinajstić information content (AvgIpc) is 2.47. The molecule has 0 aliphatic carbocycles. The van der Waals surface area contributed by atoms with E-state index in [1.165, 1.54) is 0 Å². The molecule has 2 nitrogen and oxygen atoms in total. The van der Waals surface area contributed by atoms with Crippen LogP contribution in [0.5, 0.6) is 11.5 Å². The lowest BCUT2D eigenvalue weighted by atomic mass is 10.2. The first-order valence-corrected chi connectivity index (χ1v) is 7.81. The van der Waals surface area contributed by atoms with E-state index in [2.05, 4.69) is 15.9 Å². The maximum absolute atomic E-state index is 6.24. The van der Waals surface area contributed by atoms with Crippen LogP contribution in [0.4, 0.5) is 0 Å². The van der Waals surface area contributed by atoms with Gasteiger partial charge in [0.1, 0.15) is 6.61 Å². The van der Waals surface area contributed by atoms with Crippen LogP contribution < -0.4 is 9.47 Å². The summed E-state index contributed by atoms with van der Waals surface area (Å²) in [6.07, 6.45) is 0. The molecule has 2 aromatic rings. The van der Waals surface area contributed by atoms with Gasteiger partial charge in [0.25, 0.3) is 0 Å². The van der Waals surface area contributed by atoms with Gasteiger partial charge in [-0.2, -0.15) is 0 Å². The van der Waals surface area contributed by atoms with Crippen molar-refractivity contribution in [2.75, 3.05) is 7.11 Å². The third-order valence-corrected chi connectivity index (χ3v) is 3.92. The zero-order valence-electron chi connectivity index (χ0n) is 10.8. The molecule has 2 rings (SSSR count). The van der Waals surface area contributed by atoms with Gasteiger partial charge in [0.2, 0.25) is 0 Å². The van der Waals surface area contributed by atoms with E-state index in [0.717, 1.165) is 11.1 Å². The number of hydrogen-bond donors (Lipinski definition) is 0. The highest BCUT2D eigenvalue weighted by Gasteiger charge is 2.12. The second-order valence-corrected chi connectivity index (χ2v) is 5.56. The van der Waals surface area contributed by atoms with Crippen molar-refractivity contribution in [2.45, 2.75) is 11.9 Å². The second-order valence-electron chi connectivity index (χ2n) is 4.16. The Kier molecular flexibility index (Phi) is 5.58. The van der Waals surface area contributed by atoms with E-state index in [0.29, 0.717) is 33.5 Å². The molecule has 0 heterocycles. The average molecular weight is 376 g/mol. The largest absolute Gasteiger partial charge is 0.493 e. The monoisotopic (exact) mass is 374 g/mol. The van der Waals surface area contributed by atoms with Crippen LogP contribution >= 0.6 is 39.1 Å². The maximum Gasteiger partial charge on any atom is 0.180 e. The zero-order chi connectivity index (χ0) is 14.5. The molecule has 0 aromatic heterocycles. The molecule has 0 aliphatic heterocycles. The molecule has 0 unspecified atom stereocenters. The first kappa shape index (κ1) is 15.5. The number of rotatable bonds is 5. The Balaban J connectivity index is 2.18. The summed E-state index contributed by atoms with van der Waals surface area (Å²) in [5, 5.41) is 1.94. The Morgan fingerprint density at radius 2 is 1.75 bits per heavy atom. The Hall–Kier alpha value is -0.900. The van der Waals surface area contributed by atoms with Gasteiger partial charge in [-0.1, -0.05) is 51.3 Å². The minimum atomic E-state index is 0.404. The third kappa shape index (κ3) is 3.81. The van der Waals surface area contributed by atoms with Crippen molar-refractivity contribution in [3.63, 3.8) is 0 Å². The topological polar surface area (TPSA) is 18.5 Å². The molecule has 0 saturated heterocycles. The number of hydrogen-bond acceptors (Lipinski definition) is 2. The molecule has 5 heteroatoms. The molecule has 0 amide bonds. The summed E-state index contributed by atoms with van der Waals surface area (Å²) in [5.41, 5.74) is 2.04. The van der Waals surface area contributed by atoms with E-state index in [9.17, 15) is 0 Å². The van der Waals surface area contributed by atoms with Crippen LogP contribution in [-0.4, -0.2) is 7.11 Å². The van der Waals surface area contributed by atoms with Crippen molar-refractivity contribution in [2.24, 2.45) is 0 Å². The minimum absolute atomic E-state index is 0.404. The number of halogens is 3. The van der Waals surface area contributed by atoms with E-state index < -0.39 is 0 Å². The summed E-state index contributed by atoms with van der Waals surface area (Å²) < 4.78 is 11.1. The molecule has 0 atom stereocenters. The fourth-order valence-electron chi connectivity index (χ4n) is 1.73. The Labute approximate surface area is 136 Å². The number of alkyl halides is 1. The first-order chi connectivity index (χ1) is 9.63. The molecule has 2 aromatic carbocycles. The molecule has 0 bridgehead atoms. The van der Waals surface area contributed by atoms with Gasteiger partial charge in [0.05, 0.1) is 12.1 Å². The molecule has 0 saturated carbocycles. The molecule has 0 spiro atoms. The van der Waals surface area contributed by atoms with Crippen molar-refractivity contribution >= 4 is 39.1 Å². The van der Waals surface area contributed by atoms with Gasteiger partial charge in [-0.15, -0.1) is 0 Å². The summed E-state index contributed by atoms with van der Waals surface area (Å²) in [6, 6.07) is 11.2. The molecule has 20 heavy (non-hydrogen) atoms. The highest BCUT2D eigenvalue weighted by atomic mass is 79.9. The molecular formula is C15H13BrCl2O2. The zero-order valence-corrected chi connectivity index (χ0v) is 13.9. The van der Waals surface area contributed by atoms with Crippen LogP contribution in [-0.2, 0) is 11.9 Å². The van der Waals surface area contributed by atoms with Crippen molar-refractivity contribution in [3.05, 3.63) is 57.6 Å². The molecule has 0 radical (unpaired) electrons. The van der Waals surface area contributed by atoms with Gasteiger partial charge in [-0.3, -0.25) is 0 Å². The summed E-state index contributed by atoms with van der Waals surface area (Å²) >= 11 is 15.5. The van der Waals surface area contributed by atoms with Gasteiger partial charge in [0, 0.05) is 10.4 Å². The highest BCUT2D eigenvalue weighted by molar-refractivity contribution is 9.08. The summed E-state index contributed by atoms with van der Waals surface area (Å²) in [6.45, 7) is 0.404. The molecule has 0 fully saturated rings. The lowest BCUT2D eigenvalue weighted by molar-refractivity contribution is 0.284. The normalized spacial score (nSPS) is 10.4. The smallest absolute Gasteiger partial charge is 0.180 e. The fourth-order valence-corrected chi connectivity index (χ4v) is 2.46.